The Balaban J connectivity index is 2.19. The normalized spacial score (nSPS) is 12.6. The van der Waals surface area contributed by atoms with Crippen LogP contribution in [-0.4, -0.2) is 7.05 Å². The van der Waals surface area contributed by atoms with Crippen LogP contribution in [0.25, 0.3) is 0 Å². The van der Waals surface area contributed by atoms with Gasteiger partial charge in [-0.2, -0.15) is 0 Å². The first-order valence-corrected chi connectivity index (χ1v) is 6.75. The predicted octanol–water partition coefficient (Wildman–Crippen LogP) is 4.21. The molecule has 2 aromatic rings. The molecule has 0 amide bonds. The molecule has 0 saturated heterocycles. The molecule has 19 heavy (non-hydrogen) atoms. The van der Waals surface area contributed by atoms with Crippen LogP contribution in [0.5, 0.6) is 0 Å². The zero-order chi connectivity index (χ0) is 13.8. The molecule has 1 unspecified atom stereocenters. The second-order valence-corrected chi connectivity index (χ2v) is 5.07. The number of hydrogen-bond acceptors (Lipinski definition) is 2. The number of furan rings is 1. The van der Waals surface area contributed by atoms with E-state index in [1.54, 1.807) is 19.4 Å². The minimum Gasteiger partial charge on any atom is -0.469 e. The molecular weight excluding hydrogens is 316 g/mol. The van der Waals surface area contributed by atoms with Gasteiger partial charge in [-0.3, -0.25) is 0 Å². The highest BCUT2D eigenvalue weighted by Gasteiger charge is 2.21. The summed E-state index contributed by atoms with van der Waals surface area (Å²) in [5, 5.41) is 2.95. The Kier molecular flexibility index (Phi) is 4.71. The Morgan fingerprint density at radius 2 is 2.11 bits per heavy atom. The summed E-state index contributed by atoms with van der Waals surface area (Å²) in [6, 6.07) is 5.87. The zero-order valence-electron chi connectivity index (χ0n) is 10.4. The zero-order valence-corrected chi connectivity index (χ0v) is 12.0. The molecule has 0 bridgehead atoms. The van der Waals surface area contributed by atoms with Crippen molar-refractivity contribution in [3.63, 3.8) is 0 Å². The van der Waals surface area contributed by atoms with Gasteiger partial charge in [-0.05, 0) is 53.7 Å². The fourth-order valence-corrected chi connectivity index (χ4v) is 2.38. The van der Waals surface area contributed by atoms with E-state index in [4.69, 9.17) is 4.42 Å². The van der Waals surface area contributed by atoms with Gasteiger partial charge in [0.1, 0.15) is 17.4 Å². The molecule has 1 N–H and O–H groups in total. The lowest BCUT2D eigenvalue weighted by molar-refractivity contribution is 0.441. The molecule has 0 aliphatic carbocycles. The SMILES string of the molecule is CNC(CCc1ccco1)c1c(F)ccc(Br)c1F. The minimum atomic E-state index is -0.557. The van der Waals surface area contributed by atoms with Crippen LogP contribution in [0.3, 0.4) is 0 Å². The van der Waals surface area contributed by atoms with E-state index in [0.717, 1.165) is 5.76 Å². The molecule has 0 spiro atoms. The van der Waals surface area contributed by atoms with Crippen LogP contribution in [0, 0.1) is 11.6 Å². The second-order valence-electron chi connectivity index (χ2n) is 4.22. The van der Waals surface area contributed by atoms with Gasteiger partial charge in [-0.15, -0.1) is 0 Å². The fraction of sp³-hybridized carbons (Fsp3) is 0.286. The van der Waals surface area contributed by atoms with Gasteiger partial charge in [0.05, 0.1) is 10.7 Å². The van der Waals surface area contributed by atoms with E-state index in [-0.39, 0.29) is 10.0 Å². The average molecular weight is 330 g/mol. The lowest BCUT2D eigenvalue weighted by Crippen LogP contribution is -2.20. The van der Waals surface area contributed by atoms with Crippen molar-refractivity contribution in [2.75, 3.05) is 7.05 Å². The van der Waals surface area contributed by atoms with Crippen molar-refractivity contribution in [3.05, 3.63) is 58.0 Å². The van der Waals surface area contributed by atoms with E-state index < -0.39 is 17.7 Å². The monoisotopic (exact) mass is 329 g/mol. The van der Waals surface area contributed by atoms with E-state index in [0.29, 0.717) is 12.8 Å². The molecule has 2 rings (SSSR count). The summed E-state index contributed by atoms with van der Waals surface area (Å²) in [5.74, 6) is -0.297. The maximum Gasteiger partial charge on any atom is 0.145 e. The summed E-state index contributed by atoms with van der Waals surface area (Å²) in [7, 11) is 1.69. The van der Waals surface area contributed by atoms with E-state index in [2.05, 4.69) is 21.2 Å². The van der Waals surface area contributed by atoms with Gasteiger partial charge in [0.2, 0.25) is 0 Å². The van der Waals surface area contributed by atoms with Crippen molar-refractivity contribution in [2.45, 2.75) is 18.9 Å². The minimum absolute atomic E-state index is 0.0587. The molecule has 1 aromatic heterocycles. The van der Waals surface area contributed by atoms with Crippen molar-refractivity contribution < 1.29 is 13.2 Å². The Hall–Kier alpha value is -1.20. The molecule has 1 atom stereocenters. The number of aryl methyl sites for hydroxylation is 1. The maximum absolute atomic E-state index is 14.0. The third kappa shape index (κ3) is 3.22. The topological polar surface area (TPSA) is 25.2 Å². The molecular formula is C14H14BrF2NO. The lowest BCUT2D eigenvalue weighted by Gasteiger charge is -2.18. The van der Waals surface area contributed by atoms with Crippen LogP contribution >= 0.6 is 15.9 Å². The molecule has 0 saturated carbocycles. The molecule has 0 aliphatic rings. The van der Waals surface area contributed by atoms with Gasteiger partial charge in [0.25, 0.3) is 0 Å². The van der Waals surface area contributed by atoms with Crippen molar-refractivity contribution in [3.8, 4) is 0 Å². The number of halogens is 3. The van der Waals surface area contributed by atoms with E-state index in [9.17, 15) is 8.78 Å². The first kappa shape index (κ1) is 14.2. The molecule has 5 heteroatoms. The summed E-state index contributed by atoms with van der Waals surface area (Å²) in [6.07, 6.45) is 2.75. The van der Waals surface area contributed by atoms with Gasteiger partial charge >= 0.3 is 0 Å². The van der Waals surface area contributed by atoms with Gasteiger partial charge in [-0.1, -0.05) is 0 Å². The van der Waals surface area contributed by atoms with Gasteiger partial charge in [-0.25, -0.2) is 8.78 Å². The number of hydrogen-bond donors (Lipinski definition) is 1. The molecule has 2 nitrogen and oxygen atoms in total. The highest BCUT2D eigenvalue weighted by Crippen LogP contribution is 2.29. The highest BCUT2D eigenvalue weighted by atomic mass is 79.9. The smallest absolute Gasteiger partial charge is 0.145 e. The molecule has 0 radical (unpaired) electrons. The fourth-order valence-electron chi connectivity index (χ4n) is 2.04. The Bertz CT molecular complexity index is 543. The molecule has 1 heterocycles. The van der Waals surface area contributed by atoms with Crippen LogP contribution in [-0.2, 0) is 6.42 Å². The van der Waals surface area contributed by atoms with Gasteiger partial charge < -0.3 is 9.73 Å². The van der Waals surface area contributed by atoms with E-state index in [1.165, 1.54) is 12.1 Å². The van der Waals surface area contributed by atoms with Gasteiger partial charge in [0.15, 0.2) is 0 Å². The Morgan fingerprint density at radius 3 is 2.74 bits per heavy atom. The van der Waals surface area contributed by atoms with Crippen LogP contribution in [0.4, 0.5) is 8.78 Å². The summed E-state index contributed by atoms with van der Waals surface area (Å²) in [4.78, 5) is 0. The number of nitrogens with one attached hydrogen (secondary N) is 1. The third-order valence-corrected chi connectivity index (χ3v) is 3.65. The number of rotatable bonds is 5. The van der Waals surface area contributed by atoms with E-state index in [1.807, 2.05) is 6.07 Å². The van der Waals surface area contributed by atoms with Crippen LogP contribution in [0.1, 0.15) is 23.8 Å². The summed E-state index contributed by atoms with van der Waals surface area (Å²) in [6.45, 7) is 0. The summed E-state index contributed by atoms with van der Waals surface area (Å²) >= 11 is 3.08. The van der Waals surface area contributed by atoms with Gasteiger partial charge in [0, 0.05) is 18.0 Å². The highest BCUT2D eigenvalue weighted by molar-refractivity contribution is 9.10. The van der Waals surface area contributed by atoms with Crippen LogP contribution in [0.15, 0.2) is 39.4 Å². The van der Waals surface area contributed by atoms with Crippen molar-refractivity contribution in [2.24, 2.45) is 0 Å². The quantitative estimate of drug-likeness (QED) is 0.831. The first-order chi connectivity index (χ1) is 9.13. The Labute approximate surface area is 118 Å². The van der Waals surface area contributed by atoms with Crippen molar-refractivity contribution in [1.29, 1.82) is 0 Å². The van der Waals surface area contributed by atoms with Crippen LogP contribution < -0.4 is 5.32 Å². The molecule has 0 fully saturated rings. The van der Waals surface area contributed by atoms with Crippen molar-refractivity contribution >= 4 is 15.9 Å². The third-order valence-electron chi connectivity index (χ3n) is 3.04. The second kappa shape index (κ2) is 6.30. The predicted molar refractivity (Wildman–Crippen MR) is 72.9 cm³/mol. The summed E-state index contributed by atoms with van der Waals surface area (Å²) < 4.78 is 33.3. The number of benzene rings is 1. The largest absolute Gasteiger partial charge is 0.469 e. The maximum atomic E-state index is 14.0. The first-order valence-electron chi connectivity index (χ1n) is 5.96. The molecule has 102 valence electrons. The standard InChI is InChI=1S/C14H14BrF2NO/c1-18-12(7-4-9-3-2-8-19-9)13-11(16)6-5-10(15)14(13)17/h2-3,5-6,8,12,18H,4,7H2,1H3. The summed E-state index contributed by atoms with van der Waals surface area (Å²) in [5.41, 5.74) is 0.0587. The molecule has 1 aromatic carbocycles. The van der Waals surface area contributed by atoms with Crippen molar-refractivity contribution in [1.82, 2.24) is 5.32 Å². The lowest BCUT2D eigenvalue weighted by atomic mass is 10.00. The Morgan fingerprint density at radius 1 is 1.32 bits per heavy atom. The molecule has 0 aliphatic heterocycles. The van der Waals surface area contributed by atoms with Crippen LogP contribution in [0.2, 0.25) is 0 Å². The van der Waals surface area contributed by atoms with E-state index >= 15 is 0 Å². The average Bonchev–Trinajstić information content (AvgIpc) is 2.91.